The first kappa shape index (κ1) is 16.9. The Balaban J connectivity index is 0.00000176. The van der Waals surface area contributed by atoms with Gasteiger partial charge in [0.2, 0.25) is 0 Å². The fourth-order valence-corrected chi connectivity index (χ4v) is 3.22. The summed E-state index contributed by atoms with van der Waals surface area (Å²) >= 11 is 1.48. The van der Waals surface area contributed by atoms with Crippen LogP contribution in [0, 0.1) is 13.8 Å². The van der Waals surface area contributed by atoms with Crippen molar-refractivity contribution in [3.8, 4) is 0 Å². The molecule has 6 nitrogen and oxygen atoms in total. The summed E-state index contributed by atoms with van der Waals surface area (Å²) in [7, 11) is 0. The Morgan fingerprint density at radius 2 is 2.32 bits per heavy atom. The number of hydrogen-bond acceptors (Lipinski definition) is 5. The number of nitrogens with one attached hydrogen (secondary N) is 2. The Kier molecular flexibility index (Phi) is 5.55. The largest absolute Gasteiger partial charge is 0.315 e. The SMILES string of the molecule is Cc1nc(NC(=O)c2ccn(C3CCCNC3)n2)sc1C.Cl. The number of aromatic nitrogens is 3. The fraction of sp³-hybridized carbons (Fsp3) is 0.500. The summed E-state index contributed by atoms with van der Waals surface area (Å²) in [6.07, 6.45) is 4.12. The van der Waals surface area contributed by atoms with Crippen molar-refractivity contribution in [2.24, 2.45) is 0 Å². The van der Waals surface area contributed by atoms with Crippen LogP contribution in [0.25, 0.3) is 0 Å². The van der Waals surface area contributed by atoms with Crippen molar-refractivity contribution in [2.45, 2.75) is 32.7 Å². The van der Waals surface area contributed by atoms with Gasteiger partial charge in [-0.3, -0.25) is 14.8 Å². The van der Waals surface area contributed by atoms with Gasteiger partial charge in [-0.25, -0.2) is 4.98 Å². The third-order valence-corrected chi connectivity index (χ3v) is 4.72. The first-order valence-corrected chi connectivity index (χ1v) is 7.96. The highest BCUT2D eigenvalue weighted by molar-refractivity contribution is 7.15. The third kappa shape index (κ3) is 3.66. The average molecular weight is 342 g/mol. The van der Waals surface area contributed by atoms with Gasteiger partial charge in [0.05, 0.1) is 11.7 Å². The van der Waals surface area contributed by atoms with E-state index in [1.165, 1.54) is 11.3 Å². The molecule has 0 saturated carbocycles. The van der Waals surface area contributed by atoms with E-state index >= 15 is 0 Å². The molecular weight excluding hydrogens is 322 g/mol. The third-order valence-electron chi connectivity index (χ3n) is 3.73. The topological polar surface area (TPSA) is 71.8 Å². The molecule has 1 saturated heterocycles. The van der Waals surface area contributed by atoms with Crippen LogP contribution in [-0.2, 0) is 0 Å². The number of amides is 1. The average Bonchev–Trinajstić information content (AvgIpc) is 3.08. The minimum Gasteiger partial charge on any atom is -0.315 e. The predicted octanol–water partition coefficient (Wildman–Crippen LogP) is 2.56. The van der Waals surface area contributed by atoms with Gasteiger partial charge in [0, 0.05) is 17.6 Å². The van der Waals surface area contributed by atoms with Crippen molar-refractivity contribution in [1.82, 2.24) is 20.1 Å². The lowest BCUT2D eigenvalue weighted by Crippen LogP contribution is -2.32. The molecule has 0 aromatic carbocycles. The Bertz CT molecular complexity index is 628. The lowest BCUT2D eigenvalue weighted by Gasteiger charge is -2.22. The predicted molar refractivity (Wildman–Crippen MR) is 90.2 cm³/mol. The lowest BCUT2D eigenvalue weighted by atomic mass is 10.1. The molecule has 2 aromatic rings. The summed E-state index contributed by atoms with van der Waals surface area (Å²) in [6, 6.07) is 2.10. The maximum Gasteiger partial charge on any atom is 0.277 e. The van der Waals surface area contributed by atoms with Gasteiger partial charge in [-0.2, -0.15) is 5.10 Å². The number of nitrogens with zero attached hydrogens (tertiary/aromatic N) is 3. The van der Waals surface area contributed by atoms with Crippen LogP contribution in [0.2, 0.25) is 0 Å². The minimum absolute atomic E-state index is 0. The molecule has 22 heavy (non-hydrogen) atoms. The van der Waals surface area contributed by atoms with E-state index in [1.807, 2.05) is 24.7 Å². The van der Waals surface area contributed by atoms with Crippen molar-refractivity contribution < 1.29 is 4.79 Å². The highest BCUT2D eigenvalue weighted by Gasteiger charge is 2.18. The van der Waals surface area contributed by atoms with Crippen LogP contribution < -0.4 is 10.6 Å². The van der Waals surface area contributed by atoms with Crippen molar-refractivity contribution in [2.75, 3.05) is 18.4 Å². The number of anilines is 1. The van der Waals surface area contributed by atoms with Crippen molar-refractivity contribution in [3.63, 3.8) is 0 Å². The van der Waals surface area contributed by atoms with E-state index < -0.39 is 0 Å². The van der Waals surface area contributed by atoms with Crippen LogP contribution in [0.15, 0.2) is 12.3 Å². The van der Waals surface area contributed by atoms with Gasteiger partial charge < -0.3 is 5.32 Å². The highest BCUT2D eigenvalue weighted by Crippen LogP contribution is 2.22. The summed E-state index contributed by atoms with van der Waals surface area (Å²) in [6.45, 7) is 5.90. The standard InChI is InChI=1S/C14H19N5OS.ClH/c1-9-10(2)21-14(16-9)17-13(20)12-5-7-19(18-12)11-4-3-6-15-8-11;/h5,7,11,15H,3-4,6,8H2,1-2H3,(H,16,17,20);1H. The number of rotatable bonds is 3. The van der Waals surface area contributed by atoms with Gasteiger partial charge in [-0.15, -0.1) is 23.7 Å². The van der Waals surface area contributed by atoms with Gasteiger partial charge in [0.25, 0.3) is 5.91 Å². The molecule has 0 radical (unpaired) electrons. The Labute approximate surface area is 139 Å². The maximum absolute atomic E-state index is 12.2. The molecule has 1 amide bonds. The molecule has 1 fully saturated rings. The van der Waals surface area contributed by atoms with E-state index in [-0.39, 0.29) is 18.3 Å². The quantitative estimate of drug-likeness (QED) is 0.900. The number of aryl methyl sites for hydroxylation is 2. The molecule has 2 N–H and O–H groups in total. The van der Waals surface area contributed by atoms with Crippen LogP contribution in [0.5, 0.6) is 0 Å². The Hall–Kier alpha value is -1.44. The molecule has 1 aliphatic rings. The van der Waals surface area contributed by atoms with Crippen LogP contribution >= 0.6 is 23.7 Å². The van der Waals surface area contributed by atoms with Gasteiger partial charge in [0.15, 0.2) is 10.8 Å². The molecule has 120 valence electrons. The van der Waals surface area contributed by atoms with E-state index in [0.717, 1.165) is 36.5 Å². The zero-order valence-corrected chi connectivity index (χ0v) is 14.3. The number of carbonyl (C=O) groups is 1. The first-order valence-electron chi connectivity index (χ1n) is 7.15. The second kappa shape index (κ2) is 7.21. The van der Waals surface area contributed by atoms with Crippen LogP contribution in [0.4, 0.5) is 5.13 Å². The molecule has 3 heterocycles. The second-order valence-electron chi connectivity index (χ2n) is 5.30. The van der Waals surface area contributed by atoms with Gasteiger partial charge in [0.1, 0.15) is 0 Å². The number of hydrogen-bond donors (Lipinski definition) is 2. The van der Waals surface area contributed by atoms with Crippen LogP contribution in [0.1, 0.15) is 39.9 Å². The number of carbonyl (C=O) groups excluding carboxylic acids is 1. The van der Waals surface area contributed by atoms with Crippen molar-refractivity contribution in [3.05, 3.63) is 28.5 Å². The van der Waals surface area contributed by atoms with E-state index in [4.69, 9.17) is 0 Å². The lowest BCUT2D eigenvalue weighted by molar-refractivity contribution is 0.102. The number of thiazole rings is 1. The summed E-state index contributed by atoms with van der Waals surface area (Å²) in [4.78, 5) is 17.6. The van der Waals surface area contributed by atoms with Gasteiger partial charge in [-0.05, 0) is 39.3 Å². The van der Waals surface area contributed by atoms with Crippen molar-refractivity contribution in [1.29, 1.82) is 0 Å². The maximum atomic E-state index is 12.2. The molecule has 8 heteroatoms. The van der Waals surface area contributed by atoms with E-state index in [9.17, 15) is 4.79 Å². The molecule has 0 bridgehead atoms. The zero-order valence-electron chi connectivity index (χ0n) is 12.6. The second-order valence-corrected chi connectivity index (χ2v) is 6.50. The summed E-state index contributed by atoms with van der Waals surface area (Å²) < 4.78 is 1.89. The van der Waals surface area contributed by atoms with E-state index in [2.05, 4.69) is 20.7 Å². The molecule has 1 atom stereocenters. The van der Waals surface area contributed by atoms with Gasteiger partial charge >= 0.3 is 0 Å². The Morgan fingerprint density at radius 1 is 1.50 bits per heavy atom. The molecule has 0 aliphatic carbocycles. The summed E-state index contributed by atoms with van der Waals surface area (Å²) in [5.74, 6) is -0.203. The molecule has 3 rings (SSSR count). The molecule has 1 unspecified atom stereocenters. The van der Waals surface area contributed by atoms with E-state index in [1.54, 1.807) is 6.07 Å². The van der Waals surface area contributed by atoms with Gasteiger partial charge in [-0.1, -0.05) is 0 Å². The smallest absolute Gasteiger partial charge is 0.277 e. The zero-order chi connectivity index (χ0) is 14.8. The number of piperidine rings is 1. The molecule has 0 spiro atoms. The van der Waals surface area contributed by atoms with Crippen LogP contribution in [0.3, 0.4) is 0 Å². The van der Waals surface area contributed by atoms with Crippen molar-refractivity contribution >= 4 is 34.8 Å². The molecule has 2 aromatic heterocycles. The monoisotopic (exact) mass is 341 g/mol. The minimum atomic E-state index is -0.203. The molecular formula is C14H20ClN5OS. The fourth-order valence-electron chi connectivity index (χ4n) is 2.41. The first-order chi connectivity index (χ1) is 10.1. The van der Waals surface area contributed by atoms with E-state index in [0.29, 0.717) is 16.9 Å². The number of halogens is 1. The molecule has 1 aliphatic heterocycles. The summed E-state index contributed by atoms with van der Waals surface area (Å²) in [5, 5.41) is 11.2. The highest BCUT2D eigenvalue weighted by atomic mass is 35.5. The normalized spacial score (nSPS) is 17.8. The summed E-state index contributed by atoms with van der Waals surface area (Å²) in [5.41, 5.74) is 1.39. The van der Waals surface area contributed by atoms with Crippen LogP contribution in [-0.4, -0.2) is 33.8 Å². The Morgan fingerprint density at radius 3 is 2.95 bits per heavy atom.